The molecule has 0 unspecified atom stereocenters. The van der Waals surface area contributed by atoms with Crippen molar-refractivity contribution in [2.24, 2.45) is 10.4 Å². The Labute approximate surface area is 441 Å². The first-order valence-corrected chi connectivity index (χ1v) is 27.5. The van der Waals surface area contributed by atoms with E-state index in [1.807, 2.05) is 100 Å². The fourth-order valence-electron chi connectivity index (χ4n) is 10.9. The molecule has 0 spiro atoms. The summed E-state index contributed by atoms with van der Waals surface area (Å²) in [4.78, 5) is 76.4. The summed E-state index contributed by atoms with van der Waals surface area (Å²) in [7, 11) is 0. The molecule has 388 valence electrons. The molecule has 73 heavy (non-hydrogen) atoms. The summed E-state index contributed by atoms with van der Waals surface area (Å²) in [6, 6.07) is 13.4. The Hall–Kier alpha value is -5.37. The van der Waals surface area contributed by atoms with E-state index in [9.17, 15) is 24.3 Å². The highest BCUT2D eigenvalue weighted by atomic mass is 35.5. The molecule has 0 aliphatic carbocycles. The van der Waals surface area contributed by atoms with Gasteiger partial charge < -0.3 is 25.5 Å². The van der Waals surface area contributed by atoms with Crippen LogP contribution in [0.3, 0.4) is 0 Å². The summed E-state index contributed by atoms with van der Waals surface area (Å²) in [5.74, 6) is 0.464. The second kappa shape index (κ2) is 21.5. The van der Waals surface area contributed by atoms with Crippen LogP contribution >= 0.6 is 34.3 Å². The van der Waals surface area contributed by atoms with E-state index in [1.165, 1.54) is 9.78 Å². The average molecular weight is 1050 g/mol. The number of thiazole rings is 1. The maximum atomic E-state index is 14.4. The van der Waals surface area contributed by atoms with Crippen LogP contribution in [0.15, 0.2) is 59.0 Å². The molecule has 0 bridgehead atoms. The van der Waals surface area contributed by atoms with Gasteiger partial charge in [0.25, 0.3) is 0 Å². The molecule has 3 N–H and O–H groups in total. The first-order valence-electron chi connectivity index (χ1n) is 25.5. The van der Waals surface area contributed by atoms with Gasteiger partial charge in [0.05, 0.1) is 46.9 Å². The van der Waals surface area contributed by atoms with Gasteiger partial charge in [-0.1, -0.05) is 68.8 Å². The summed E-state index contributed by atoms with van der Waals surface area (Å²) in [6.07, 6.45) is 1.10. The number of halogens is 1. The number of fused-ring (bicyclic) bond motifs is 3. The van der Waals surface area contributed by atoms with Crippen LogP contribution in [0.1, 0.15) is 117 Å². The number of aryl methyl sites for hydroxylation is 3. The van der Waals surface area contributed by atoms with Crippen molar-refractivity contribution in [2.75, 3.05) is 45.8 Å². The average Bonchev–Trinajstić information content (AvgIpc) is 4.13. The quantitative estimate of drug-likeness (QED) is 0.118. The van der Waals surface area contributed by atoms with E-state index >= 15 is 0 Å². The molecule has 6 atom stereocenters. The van der Waals surface area contributed by atoms with Crippen LogP contribution in [0.4, 0.5) is 0 Å². The number of carbonyl (C=O) groups excluding carboxylic acids is 4. The van der Waals surface area contributed by atoms with Gasteiger partial charge in [-0.3, -0.25) is 38.5 Å². The highest BCUT2D eigenvalue weighted by molar-refractivity contribution is 7.15. The van der Waals surface area contributed by atoms with Crippen molar-refractivity contribution in [2.45, 2.75) is 130 Å². The predicted octanol–water partition coefficient (Wildman–Crippen LogP) is 6.99. The number of rotatable bonds is 12. The molecule has 5 aromatic rings. The van der Waals surface area contributed by atoms with Crippen molar-refractivity contribution in [3.63, 3.8) is 0 Å². The maximum absolute atomic E-state index is 14.4. The molecule has 4 aliphatic rings. The van der Waals surface area contributed by atoms with Crippen molar-refractivity contribution in [3.8, 4) is 15.4 Å². The number of nitrogens with zero attached hydrogens (tertiary/aromatic N) is 9. The van der Waals surface area contributed by atoms with Crippen LogP contribution in [0.5, 0.6) is 0 Å². The van der Waals surface area contributed by atoms with Gasteiger partial charge in [-0.25, -0.2) is 4.98 Å². The van der Waals surface area contributed by atoms with Gasteiger partial charge in [-0.15, -0.1) is 32.9 Å². The van der Waals surface area contributed by atoms with E-state index in [1.54, 1.807) is 22.7 Å². The number of carbonyl (C=O) groups is 4. The lowest BCUT2D eigenvalue weighted by atomic mass is 9.85. The molecule has 3 saturated heterocycles. The Balaban J connectivity index is 0.779. The second-order valence-electron chi connectivity index (χ2n) is 21.4. The highest BCUT2D eigenvalue weighted by Gasteiger charge is 2.45. The van der Waals surface area contributed by atoms with E-state index in [0.29, 0.717) is 36.5 Å². The molecule has 0 saturated carbocycles. The van der Waals surface area contributed by atoms with Gasteiger partial charge in [0.15, 0.2) is 5.82 Å². The standard InChI is InChI=1S/C54H68ClN11O5S2/c1-30-26-64(40-18-20-62(21-19-40)45(69)25-42-50-61-60-35(6)66(50)53-46(31(2)34(5)73-53)47(58-42)37-14-16-39(55)17-15-37)23-22-63(30)28-44(68)59-49(54(7,8)9)52(71)65-27-41(67)24-43(65)51(70)57-32(3)36-10-12-38(13-11-36)48-33(4)56-29-72-48/h10-17,29-30,32,40-43,49,67H,18-28H2,1-9H3,(H,57,70)(H,59,68)/t30-,32-,41+,42-,43-,49+/m0/s1. The van der Waals surface area contributed by atoms with Gasteiger partial charge in [0.1, 0.15) is 29.0 Å². The van der Waals surface area contributed by atoms with Crippen molar-refractivity contribution in [3.05, 3.63) is 104 Å². The van der Waals surface area contributed by atoms with E-state index < -0.39 is 29.6 Å². The van der Waals surface area contributed by atoms with E-state index in [-0.39, 0.29) is 61.6 Å². The fourth-order valence-corrected chi connectivity index (χ4v) is 13.1. The molecule has 4 amide bonds. The van der Waals surface area contributed by atoms with Crippen LogP contribution in [-0.4, -0.2) is 150 Å². The maximum Gasteiger partial charge on any atom is 0.246 e. The predicted molar refractivity (Wildman–Crippen MR) is 286 cm³/mol. The fraction of sp³-hybridized carbons (Fsp3) is 0.519. The minimum absolute atomic E-state index is 0.00344. The SMILES string of the molecule is Cc1ncsc1-c1ccc([C@H](C)NC(=O)[C@@H]2C[C@@H](O)CN2C(=O)[C@@H](NC(=O)CN2CCN(C3CCN(C(=O)C[C@@H]4N=C(c5ccc(Cl)cc5)c5c(sc(C)c5C)-n5c(C)nnc54)CC3)C[C@@H]2C)C(C)(C)C)cc1. The van der Waals surface area contributed by atoms with Gasteiger partial charge in [0, 0.05) is 78.8 Å². The summed E-state index contributed by atoms with van der Waals surface area (Å²) in [5, 5.41) is 27.7. The molecule has 3 aromatic heterocycles. The first-order chi connectivity index (χ1) is 34.7. The number of likely N-dealkylation sites (tertiary alicyclic amines) is 2. The summed E-state index contributed by atoms with van der Waals surface area (Å²) >= 11 is 9.59. The molecular weight excluding hydrogens is 982 g/mol. The van der Waals surface area contributed by atoms with Crippen LogP contribution in [0, 0.1) is 33.1 Å². The van der Waals surface area contributed by atoms with Gasteiger partial charge in [-0.2, -0.15) is 0 Å². The van der Waals surface area contributed by atoms with Crippen LogP contribution in [-0.2, 0) is 19.2 Å². The largest absolute Gasteiger partial charge is 0.391 e. The van der Waals surface area contributed by atoms with Crippen LogP contribution in [0.25, 0.3) is 15.4 Å². The Morgan fingerprint density at radius 2 is 1.60 bits per heavy atom. The number of benzene rings is 2. The molecule has 0 radical (unpaired) electrons. The van der Waals surface area contributed by atoms with Gasteiger partial charge in [-0.05, 0) is 88.6 Å². The number of amides is 4. The normalized spacial score (nSPS) is 21.8. The lowest BCUT2D eigenvalue weighted by molar-refractivity contribution is -0.144. The number of aliphatic hydroxyl groups is 1. The number of thiophene rings is 1. The zero-order chi connectivity index (χ0) is 52.0. The van der Waals surface area contributed by atoms with Crippen molar-refractivity contribution >= 4 is 63.6 Å². The molecular formula is C54H68ClN11O5S2. The molecule has 19 heteroatoms. The zero-order valence-electron chi connectivity index (χ0n) is 43.3. The third-order valence-corrected chi connectivity index (χ3v) is 17.7. The third kappa shape index (κ3) is 11.1. The lowest BCUT2D eigenvalue weighted by Gasteiger charge is -2.45. The Morgan fingerprint density at radius 1 is 0.904 bits per heavy atom. The molecule has 16 nitrogen and oxygen atoms in total. The summed E-state index contributed by atoms with van der Waals surface area (Å²) < 4.78 is 2.08. The lowest BCUT2D eigenvalue weighted by Crippen LogP contribution is -2.61. The number of hydrogen-bond acceptors (Lipinski definition) is 13. The minimum Gasteiger partial charge on any atom is -0.391 e. The van der Waals surface area contributed by atoms with Crippen molar-refractivity contribution in [1.29, 1.82) is 0 Å². The van der Waals surface area contributed by atoms with E-state index in [2.05, 4.69) is 61.0 Å². The van der Waals surface area contributed by atoms with E-state index in [4.69, 9.17) is 16.6 Å². The minimum atomic E-state index is -0.922. The Morgan fingerprint density at radius 3 is 2.26 bits per heavy atom. The highest BCUT2D eigenvalue weighted by Crippen LogP contribution is 2.40. The Kier molecular flexibility index (Phi) is 15.4. The number of β-amino-alcohol motifs (C(OH)–C–C–N with tert-alkyl or cyclic N) is 1. The number of aliphatic hydroxyl groups excluding tert-OH is 1. The zero-order valence-corrected chi connectivity index (χ0v) is 45.7. The monoisotopic (exact) mass is 1050 g/mol. The molecule has 7 heterocycles. The van der Waals surface area contributed by atoms with Crippen molar-refractivity contribution in [1.82, 2.24) is 50.0 Å². The van der Waals surface area contributed by atoms with E-state index in [0.717, 1.165) is 80.9 Å². The molecule has 3 fully saturated rings. The summed E-state index contributed by atoms with van der Waals surface area (Å²) in [6.45, 7) is 21.5. The Bertz CT molecular complexity index is 2880. The summed E-state index contributed by atoms with van der Waals surface area (Å²) in [5.41, 5.74) is 8.02. The second-order valence-corrected chi connectivity index (χ2v) is 23.9. The van der Waals surface area contributed by atoms with Crippen LogP contribution in [0.2, 0.25) is 5.02 Å². The number of piperazine rings is 1. The van der Waals surface area contributed by atoms with Gasteiger partial charge in [0.2, 0.25) is 23.6 Å². The number of aliphatic imine (C=N–C) groups is 1. The van der Waals surface area contributed by atoms with Gasteiger partial charge >= 0.3 is 0 Å². The first kappa shape index (κ1) is 52.5. The topological polar surface area (TPSA) is 181 Å². The number of aromatic nitrogens is 4. The number of piperidine rings is 1. The third-order valence-electron chi connectivity index (χ3n) is 15.3. The smallest absolute Gasteiger partial charge is 0.246 e. The number of nitrogens with one attached hydrogen (secondary N) is 2. The number of hydrogen-bond donors (Lipinski definition) is 3. The molecule has 9 rings (SSSR count). The molecule has 4 aliphatic heterocycles. The molecule has 2 aromatic carbocycles. The van der Waals surface area contributed by atoms with Crippen LogP contribution < -0.4 is 10.6 Å². The van der Waals surface area contributed by atoms with Crippen molar-refractivity contribution < 1.29 is 24.3 Å².